The molecule has 0 N–H and O–H groups in total. The smallest absolute Gasteiger partial charge is 0.242 e. The molecule has 4 rings (SSSR count). The van der Waals surface area contributed by atoms with Gasteiger partial charge in [-0.25, -0.2) is 4.90 Å². The molecule has 22 heavy (non-hydrogen) atoms. The first-order chi connectivity index (χ1) is 10.5. The van der Waals surface area contributed by atoms with Gasteiger partial charge in [0.15, 0.2) is 0 Å². The van der Waals surface area contributed by atoms with Crippen LogP contribution in [0.15, 0.2) is 55.1 Å². The molecular formula is C19H19NO2. The predicted octanol–water partition coefficient (Wildman–Crippen LogP) is 3.33. The van der Waals surface area contributed by atoms with E-state index < -0.39 is 5.41 Å². The maximum atomic E-state index is 13.3. The summed E-state index contributed by atoms with van der Waals surface area (Å²) in [5.74, 6) is -0.164. The van der Waals surface area contributed by atoms with Gasteiger partial charge in [-0.2, -0.15) is 0 Å². The van der Waals surface area contributed by atoms with Crippen LogP contribution < -0.4 is 4.90 Å². The van der Waals surface area contributed by atoms with Crippen molar-refractivity contribution in [3.63, 3.8) is 0 Å². The lowest BCUT2D eigenvalue weighted by Gasteiger charge is -2.39. The van der Waals surface area contributed by atoms with Gasteiger partial charge in [0.2, 0.25) is 11.8 Å². The molecule has 3 aliphatic rings. The number of hydrogen-bond donors (Lipinski definition) is 0. The molecule has 0 radical (unpaired) electrons. The number of hydrogen-bond acceptors (Lipinski definition) is 2. The summed E-state index contributed by atoms with van der Waals surface area (Å²) in [7, 11) is 0. The van der Waals surface area contributed by atoms with Crippen LogP contribution in [0.5, 0.6) is 0 Å². The summed E-state index contributed by atoms with van der Waals surface area (Å²) in [4.78, 5) is 27.8. The third kappa shape index (κ3) is 1.32. The second-order valence-electron chi connectivity index (χ2n) is 6.90. The molecule has 4 atom stereocenters. The minimum Gasteiger partial charge on any atom is -0.274 e. The highest BCUT2D eigenvalue weighted by molar-refractivity contribution is 6.24. The predicted molar refractivity (Wildman–Crippen MR) is 85.0 cm³/mol. The van der Waals surface area contributed by atoms with E-state index >= 15 is 0 Å². The monoisotopic (exact) mass is 293 g/mol. The van der Waals surface area contributed by atoms with Gasteiger partial charge in [-0.15, -0.1) is 6.58 Å². The van der Waals surface area contributed by atoms with Gasteiger partial charge in [0.25, 0.3) is 0 Å². The van der Waals surface area contributed by atoms with Crippen molar-refractivity contribution >= 4 is 17.5 Å². The lowest BCUT2D eigenvalue weighted by molar-refractivity contribution is -0.131. The fourth-order valence-corrected chi connectivity index (χ4v) is 4.95. The van der Waals surface area contributed by atoms with Crippen LogP contribution in [0.3, 0.4) is 0 Å². The zero-order valence-electron chi connectivity index (χ0n) is 12.7. The van der Waals surface area contributed by atoms with Crippen LogP contribution in [0.2, 0.25) is 0 Å². The summed E-state index contributed by atoms with van der Waals surface area (Å²) in [6.07, 6.45) is 7.53. The topological polar surface area (TPSA) is 37.4 Å². The molecule has 1 heterocycles. The Kier molecular flexibility index (Phi) is 2.57. The molecule has 1 saturated heterocycles. The molecule has 1 aliphatic heterocycles. The number of fused-ring (bicyclic) bond motifs is 5. The normalized spacial score (nSPS) is 38.7. The Bertz CT molecular complexity index is 707. The van der Waals surface area contributed by atoms with Crippen LogP contribution in [0.25, 0.3) is 0 Å². The maximum Gasteiger partial charge on any atom is 0.242 e. The number of allylic oxidation sites excluding steroid dienone is 3. The molecule has 0 aromatic heterocycles. The number of carbonyl (C=O) groups excluding carboxylic acids is 2. The Labute approximate surface area is 130 Å². The Hall–Kier alpha value is -2.16. The van der Waals surface area contributed by atoms with E-state index in [1.807, 2.05) is 30.3 Å². The molecule has 3 heteroatoms. The second kappa shape index (κ2) is 4.19. The maximum absolute atomic E-state index is 13.3. The number of carbonyl (C=O) groups is 2. The highest BCUT2D eigenvalue weighted by Gasteiger charge is 2.73. The first-order valence-corrected chi connectivity index (χ1v) is 7.79. The van der Waals surface area contributed by atoms with Gasteiger partial charge in [-0.05, 0) is 30.9 Å². The average Bonchev–Trinajstić information content (AvgIpc) is 3.08. The fraction of sp³-hybridized carbons (Fsp3) is 0.368. The van der Waals surface area contributed by atoms with Crippen LogP contribution in [0, 0.1) is 22.7 Å². The standard InChI is InChI=1S/C19H19NO2/c1-3-10-19-15(13-9-11-18(19,2)12-13)16(21)20(17(19)22)14-7-5-4-6-8-14/h3-9,11,13,15H,1,10,12H2,2H3. The first kappa shape index (κ1) is 13.5. The zero-order valence-corrected chi connectivity index (χ0v) is 12.7. The van der Waals surface area contributed by atoms with Crippen molar-refractivity contribution in [3.05, 3.63) is 55.1 Å². The minimum absolute atomic E-state index is 0.0453. The lowest BCUT2D eigenvalue weighted by Crippen LogP contribution is -2.45. The summed E-state index contributed by atoms with van der Waals surface area (Å²) < 4.78 is 0. The number of amides is 2. The quantitative estimate of drug-likeness (QED) is 0.633. The summed E-state index contributed by atoms with van der Waals surface area (Å²) in [5.41, 5.74) is -0.216. The molecule has 2 bridgehead atoms. The molecule has 4 unspecified atom stereocenters. The third-order valence-electron chi connectivity index (χ3n) is 5.90. The van der Waals surface area contributed by atoms with Gasteiger partial charge in [-0.3, -0.25) is 9.59 Å². The highest BCUT2D eigenvalue weighted by Crippen LogP contribution is 2.69. The van der Waals surface area contributed by atoms with E-state index in [0.717, 1.165) is 6.42 Å². The van der Waals surface area contributed by atoms with Gasteiger partial charge in [0, 0.05) is 5.41 Å². The van der Waals surface area contributed by atoms with E-state index in [4.69, 9.17) is 0 Å². The molecule has 3 nitrogen and oxygen atoms in total. The minimum atomic E-state index is -0.652. The van der Waals surface area contributed by atoms with E-state index in [0.29, 0.717) is 12.1 Å². The number of para-hydroxylation sites is 1. The lowest BCUT2D eigenvalue weighted by atomic mass is 9.60. The van der Waals surface area contributed by atoms with Crippen molar-refractivity contribution in [2.45, 2.75) is 19.8 Å². The fourth-order valence-electron chi connectivity index (χ4n) is 4.95. The molecule has 112 valence electrons. The molecule has 2 amide bonds. The van der Waals surface area contributed by atoms with Crippen LogP contribution in [0.4, 0.5) is 5.69 Å². The SMILES string of the molecule is C=CCC12C(=O)N(c3ccccc3)C(=O)C1C1C=CC2(C)C1. The van der Waals surface area contributed by atoms with E-state index in [-0.39, 0.29) is 29.1 Å². The van der Waals surface area contributed by atoms with Crippen LogP contribution in [-0.2, 0) is 9.59 Å². The molecule has 1 aromatic carbocycles. The van der Waals surface area contributed by atoms with Crippen molar-refractivity contribution in [2.24, 2.45) is 22.7 Å². The number of anilines is 1. The summed E-state index contributed by atoms with van der Waals surface area (Å²) in [6.45, 7) is 5.96. The number of nitrogens with zero attached hydrogens (tertiary/aromatic N) is 1. The number of benzene rings is 1. The van der Waals surface area contributed by atoms with Gasteiger partial charge < -0.3 is 0 Å². The first-order valence-electron chi connectivity index (χ1n) is 7.79. The van der Waals surface area contributed by atoms with E-state index in [2.05, 4.69) is 25.7 Å². The van der Waals surface area contributed by atoms with Crippen LogP contribution in [0.1, 0.15) is 19.8 Å². The number of rotatable bonds is 3. The van der Waals surface area contributed by atoms with Crippen molar-refractivity contribution in [3.8, 4) is 0 Å². The largest absolute Gasteiger partial charge is 0.274 e. The zero-order chi connectivity index (χ0) is 15.5. The van der Waals surface area contributed by atoms with Crippen molar-refractivity contribution in [1.82, 2.24) is 0 Å². The van der Waals surface area contributed by atoms with Gasteiger partial charge in [-0.1, -0.05) is 43.4 Å². The number of imide groups is 1. The Balaban J connectivity index is 1.89. The average molecular weight is 293 g/mol. The van der Waals surface area contributed by atoms with Crippen molar-refractivity contribution in [2.75, 3.05) is 4.90 Å². The van der Waals surface area contributed by atoms with Gasteiger partial charge in [0.05, 0.1) is 17.0 Å². The van der Waals surface area contributed by atoms with Gasteiger partial charge in [0.1, 0.15) is 0 Å². The van der Waals surface area contributed by atoms with Gasteiger partial charge >= 0.3 is 0 Å². The van der Waals surface area contributed by atoms with E-state index in [9.17, 15) is 9.59 Å². The van der Waals surface area contributed by atoms with Crippen molar-refractivity contribution in [1.29, 1.82) is 0 Å². The van der Waals surface area contributed by atoms with E-state index in [1.54, 1.807) is 6.08 Å². The Morgan fingerprint density at radius 2 is 2.05 bits per heavy atom. The van der Waals surface area contributed by atoms with Crippen LogP contribution in [-0.4, -0.2) is 11.8 Å². The van der Waals surface area contributed by atoms with Crippen LogP contribution >= 0.6 is 0 Å². The van der Waals surface area contributed by atoms with E-state index in [1.165, 1.54) is 4.90 Å². The molecule has 1 saturated carbocycles. The molecule has 2 fully saturated rings. The third-order valence-corrected chi connectivity index (χ3v) is 5.90. The summed E-state index contributed by atoms with van der Waals surface area (Å²) >= 11 is 0. The molecule has 2 aliphatic carbocycles. The Morgan fingerprint density at radius 3 is 2.73 bits per heavy atom. The molecule has 0 spiro atoms. The Morgan fingerprint density at radius 1 is 1.32 bits per heavy atom. The summed E-state index contributed by atoms with van der Waals surface area (Å²) in [5, 5.41) is 0. The molecule has 1 aromatic rings. The highest BCUT2D eigenvalue weighted by atomic mass is 16.2. The molecular weight excluding hydrogens is 274 g/mol. The van der Waals surface area contributed by atoms with Crippen molar-refractivity contribution < 1.29 is 9.59 Å². The second-order valence-corrected chi connectivity index (χ2v) is 6.90. The summed E-state index contributed by atoms with van der Waals surface area (Å²) in [6, 6.07) is 9.27.